The lowest BCUT2D eigenvalue weighted by Gasteiger charge is -2.13. The van der Waals surface area contributed by atoms with Crippen molar-refractivity contribution >= 4 is 40.2 Å². The van der Waals surface area contributed by atoms with Gasteiger partial charge < -0.3 is 5.32 Å². The van der Waals surface area contributed by atoms with Gasteiger partial charge >= 0.3 is 0 Å². The topological polar surface area (TPSA) is 74.7 Å². The van der Waals surface area contributed by atoms with Crippen molar-refractivity contribution in [1.29, 1.82) is 0 Å². The second kappa shape index (κ2) is 8.14. The van der Waals surface area contributed by atoms with Crippen molar-refractivity contribution < 1.29 is 9.59 Å². The zero-order valence-electron chi connectivity index (χ0n) is 14.7. The zero-order chi connectivity index (χ0) is 18.5. The van der Waals surface area contributed by atoms with E-state index in [1.165, 1.54) is 11.8 Å². The summed E-state index contributed by atoms with van der Waals surface area (Å²) in [6.07, 6.45) is 1.76. The van der Waals surface area contributed by atoms with Gasteiger partial charge in [-0.1, -0.05) is 35.5 Å². The van der Waals surface area contributed by atoms with E-state index in [-0.39, 0.29) is 18.2 Å². The number of amidine groups is 1. The Morgan fingerprint density at radius 2 is 2.04 bits per heavy atom. The molecule has 0 unspecified atom stereocenters. The molecule has 26 heavy (non-hydrogen) atoms. The van der Waals surface area contributed by atoms with Gasteiger partial charge in [-0.25, -0.2) is 9.98 Å². The number of pyridine rings is 1. The van der Waals surface area contributed by atoms with Crippen LogP contribution in [0.3, 0.4) is 0 Å². The Morgan fingerprint density at radius 3 is 2.69 bits per heavy atom. The van der Waals surface area contributed by atoms with Crippen LogP contribution in [0.25, 0.3) is 0 Å². The van der Waals surface area contributed by atoms with Crippen LogP contribution in [0.5, 0.6) is 0 Å². The lowest BCUT2D eigenvalue weighted by molar-refractivity contribution is -0.128. The van der Waals surface area contributed by atoms with E-state index in [9.17, 15) is 9.59 Å². The number of carbonyl (C=O) groups excluding carboxylic acids is 2. The van der Waals surface area contributed by atoms with E-state index in [1.54, 1.807) is 17.2 Å². The highest BCUT2D eigenvalue weighted by Crippen LogP contribution is 2.31. The van der Waals surface area contributed by atoms with Gasteiger partial charge in [0.1, 0.15) is 5.25 Å². The number of nitrogens with one attached hydrogen (secondary N) is 1. The Balaban J connectivity index is 1.68. The second-order valence-corrected chi connectivity index (χ2v) is 7.06. The molecule has 134 valence electrons. The fourth-order valence-corrected chi connectivity index (χ4v) is 3.76. The van der Waals surface area contributed by atoms with Crippen LogP contribution in [0.4, 0.5) is 11.5 Å². The molecule has 2 amide bonds. The summed E-state index contributed by atoms with van der Waals surface area (Å²) in [5, 5.41) is 2.96. The minimum absolute atomic E-state index is 0.0914. The SMILES string of the molecule is CCN1C(=O)[C@H](CC(=O)Nc2ccc(C)cc2)SC1=Nc1ccccn1. The van der Waals surface area contributed by atoms with E-state index in [4.69, 9.17) is 0 Å². The second-order valence-electron chi connectivity index (χ2n) is 5.89. The predicted molar refractivity (Wildman–Crippen MR) is 105 cm³/mol. The number of thioether (sulfide) groups is 1. The lowest BCUT2D eigenvalue weighted by Crippen LogP contribution is -2.33. The third kappa shape index (κ3) is 4.29. The van der Waals surface area contributed by atoms with Gasteiger partial charge in [-0.2, -0.15) is 0 Å². The predicted octanol–water partition coefficient (Wildman–Crippen LogP) is 3.37. The van der Waals surface area contributed by atoms with Crippen molar-refractivity contribution in [2.24, 2.45) is 4.99 Å². The molecule has 1 atom stereocenters. The molecular formula is C19H20N4O2S. The van der Waals surface area contributed by atoms with Crippen LogP contribution in [0.1, 0.15) is 18.9 Å². The van der Waals surface area contributed by atoms with E-state index in [2.05, 4.69) is 15.3 Å². The van der Waals surface area contributed by atoms with Crippen LogP contribution >= 0.6 is 11.8 Å². The number of amides is 2. The molecule has 1 aromatic heterocycles. The minimum Gasteiger partial charge on any atom is -0.326 e. The highest BCUT2D eigenvalue weighted by atomic mass is 32.2. The molecule has 0 aliphatic carbocycles. The molecule has 6 nitrogen and oxygen atoms in total. The van der Waals surface area contributed by atoms with Gasteiger partial charge in [0.2, 0.25) is 11.8 Å². The maximum Gasteiger partial charge on any atom is 0.242 e. The van der Waals surface area contributed by atoms with Gasteiger partial charge in [-0.3, -0.25) is 14.5 Å². The number of carbonyl (C=O) groups is 2. The molecule has 1 saturated heterocycles. The Morgan fingerprint density at radius 1 is 1.27 bits per heavy atom. The number of benzene rings is 1. The van der Waals surface area contributed by atoms with E-state index >= 15 is 0 Å². The number of aromatic nitrogens is 1. The first-order chi connectivity index (χ1) is 12.6. The highest BCUT2D eigenvalue weighted by Gasteiger charge is 2.38. The molecule has 3 rings (SSSR count). The summed E-state index contributed by atoms with van der Waals surface area (Å²) in [7, 11) is 0. The first-order valence-electron chi connectivity index (χ1n) is 8.41. The van der Waals surface area contributed by atoms with Crippen LogP contribution in [0.15, 0.2) is 53.7 Å². The van der Waals surface area contributed by atoms with Crippen LogP contribution in [0, 0.1) is 6.92 Å². The third-order valence-electron chi connectivity index (χ3n) is 3.90. The number of rotatable bonds is 5. The van der Waals surface area contributed by atoms with Crippen LogP contribution < -0.4 is 5.32 Å². The summed E-state index contributed by atoms with van der Waals surface area (Å²) < 4.78 is 0. The molecule has 1 aliphatic rings. The maximum absolute atomic E-state index is 12.6. The molecule has 7 heteroatoms. The Hall–Kier alpha value is -2.67. The number of aliphatic imine (C=N–C) groups is 1. The zero-order valence-corrected chi connectivity index (χ0v) is 15.5. The summed E-state index contributed by atoms with van der Waals surface area (Å²) >= 11 is 1.31. The van der Waals surface area contributed by atoms with Crippen molar-refractivity contribution in [1.82, 2.24) is 9.88 Å². The Labute approximate surface area is 156 Å². The fraction of sp³-hybridized carbons (Fsp3) is 0.263. The quantitative estimate of drug-likeness (QED) is 0.878. The Bertz CT molecular complexity index is 821. The first-order valence-corrected chi connectivity index (χ1v) is 9.29. The largest absolute Gasteiger partial charge is 0.326 e. The van der Waals surface area contributed by atoms with Gasteiger partial charge in [-0.05, 0) is 38.1 Å². The highest BCUT2D eigenvalue weighted by molar-refractivity contribution is 8.15. The van der Waals surface area contributed by atoms with Gasteiger partial charge in [-0.15, -0.1) is 0 Å². The molecule has 1 aliphatic heterocycles. The summed E-state index contributed by atoms with van der Waals surface area (Å²) in [6.45, 7) is 4.38. The van der Waals surface area contributed by atoms with Crippen molar-refractivity contribution in [3.05, 3.63) is 54.2 Å². The van der Waals surface area contributed by atoms with Crippen molar-refractivity contribution in [2.75, 3.05) is 11.9 Å². The molecule has 1 N–H and O–H groups in total. The lowest BCUT2D eigenvalue weighted by atomic mass is 10.2. The Kier molecular flexibility index (Phi) is 5.68. The summed E-state index contributed by atoms with van der Waals surface area (Å²) in [6, 6.07) is 13.0. The van der Waals surface area contributed by atoms with E-state index in [0.717, 1.165) is 11.3 Å². The molecule has 1 fully saturated rings. The number of nitrogens with zero attached hydrogens (tertiary/aromatic N) is 3. The monoisotopic (exact) mass is 368 g/mol. The van der Waals surface area contributed by atoms with Gasteiger partial charge in [0.05, 0.1) is 0 Å². The van der Waals surface area contributed by atoms with Crippen LogP contribution in [-0.2, 0) is 9.59 Å². The fourth-order valence-electron chi connectivity index (χ4n) is 2.55. The minimum atomic E-state index is -0.470. The number of hydrogen-bond donors (Lipinski definition) is 1. The van der Waals surface area contributed by atoms with Gasteiger partial charge in [0, 0.05) is 24.8 Å². The molecule has 0 saturated carbocycles. The molecule has 1 aromatic carbocycles. The van der Waals surface area contributed by atoms with Gasteiger partial charge in [0.25, 0.3) is 0 Å². The van der Waals surface area contributed by atoms with E-state index in [0.29, 0.717) is 17.5 Å². The van der Waals surface area contributed by atoms with Crippen molar-refractivity contribution in [3.8, 4) is 0 Å². The van der Waals surface area contributed by atoms with Crippen molar-refractivity contribution in [3.63, 3.8) is 0 Å². The van der Waals surface area contributed by atoms with E-state index in [1.807, 2.05) is 50.2 Å². The van der Waals surface area contributed by atoms with Crippen LogP contribution in [0.2, 0.25) is 0 Å². The average molecular weight is 368 g/mol. The van der Waals surface area contributed by atoms with Gasteiger partial charge in [0.15, 0.2) is 11.0 Å². The standard InChI is InChI=1S/C19H20N4O2S/c1-3-23-18(25)15(26-19(23)22-16-6-4-5-11-20-16)12-17(24)21-14-9-7-13(2)8-10-14/h4-11,15H,3,12H2,1-2H3,(H,21,24)/t15-/m0/s1. The summed E-state index contributed by atoms with van der Waals surface area (Å²) in [5.41, 5.74) is 1.85. The van der Waals surface area contributed by atoms with Crippen LogP contribution in [-0.4, -0.2) is 38.7 Å². The molecule has 2 aromatic rings. The normalized spacial score (nSPS) is 18.4. The van der Waals surface area contributed by atoms with E-state index < -0.39 is 5.25 Å². The summed E-state index contributed by atoms with van der Waals surface area (Å²) in [5.74, 6) is 0.270. The maximum atomic E-state index is 12.6. The molecule has 0 radical (unpaired) electrons. The molecule has 0 bridgehead atoms. The average Bonchev–Trinajstić information content (AvgIpc) is 2.92. The smallest absolute Gasteiger partial charge is 0.242 e. The first kappa shape index (κ1) is 18.1. The number of aryl methyl sites for hydroxylation is 1. The number of anilines is 1. The molecule has 2 heterocycles. The number of hydrogen-bond acceptors (Lipinski definition) is 5. The third-order valence-corrected chi connectivity index (χ3v) is 5.08. The summed E-state index contributed by atoms with van der Waals surface area (Å²) in [4.78, 5) is 35.1. The molecular weight excluding hydrogens is 348 g/mol. The van der Waals surface area contributed by atoms with Crippen molar-refractivity contribution in [2.45, 2.75) is 25.5 Å². The molecule has 0 spiro atoms.